The third-order valence-electron chi connectivity index (χ3n) is 2.37. The van der Waals surface area contributed by atoms with E-state index in [4.69, 9.17) is 12.6 Å². The molecule has 3 nitrogen and oxygen atoms in total. The molecule has 0 N–H and O–H groups in total. The minimum absolute atomic E-state index is 0.373. The summed E-state index contributed by atoms with van der Waals surface area (Å²) in [6, 6.07) is 7.41. The lowest BCUT2D eigenvalue weighted by molar-refractivity contribution is -0.140. The van der Waals surface area contributed by atoms with Crippen molar-refractivity contribution in [3.8, 4) is 17.6 Å². The van der Waals surface area contributed by atoms with Crippen LogP contribution in [0.15, 0.2) is 24.3 Å². The zero-order valence-electron chi connectivity index (χ0n) is 10.6. The van der Waals surface area contributed by atoms with Crippen molar-refractivity contribution in [1.82, 2.24) is 0 Å². The Bertz CT molecular complexity index is 442. The number of benzene rings is 1. The number of rotatable bonds is 5. The molecule has 0 bridgehead atoms. The molecule has 0 amide bonds. The van der Waals surface area contributed by atoms with E-state index >= 15 is 0 Å². The molecular weight excluding hydrogens is 227 g/mol. The van der Waals surface area contributed by atoms with Crippen molar-refractivity contribution in [3.63, 3.8) is 0 Å². The van der Waals surface area contributed by atoms with E-state index in [0.717, 1.165) is 11.3 Å². The van der Waals surface area contributed by atoms with Crippen molar-refractivity contribution >= 4 is 13.8 Å². The summed E-state index contributed by atoms with van der Waals surface area (Å²) in [7, 11) is 7.00. The molecule has 4 heteroatoms. The Morgan fingerprint density at radius 1 is 1.39 bits per heavy atom. The van der Waals surface area contributed by atoms with E-state index in [0.29, 0.717) is 13.0 Å². The first-order valence-corrected chi connectivity index (χ1v) is 5.62. The summed E-state index contributed by atoms with van der Waals surface area (Å²) >= 11 is 0. The molecule has 0 aromatic heterocycles. The molecule has 0 aliphatic heterocycles. The quantitative estimate of drug-likeness (QED) is 0.448. The van der Waals surface area contributed by atoms with Gasteiger partial charge in [0.05, 0.1) is 15.0 Å². The third kappa shape index (κ3) is 4.54. The molecule has 0 aliphatic carbocycles. The van der Waals surface area contributed by atoms with Gasteiger partial charge in [0, 0.05) is 5.82 Å². The van der Waals surface area contributed by atoms with Gasteiger partial charge in [0.15, 0.2) is 0 Å². The molecule has 0 saturated heterocycles. The van der Waals surface area contributed by atoms with Crippen LogP contribution in [0.2, 0.25) is 5.82 Å². The van der Waals surface area contributed by atoms with E-state index < -0.39 is 11.8 Å². The molecule has 0 unspecified atom stereocenters. The van der Waals surface area contributed by atoms with Gasteiger partial charge in [-0.1, -0.05) is 18.1 Å². The number of esters is 1. The van der Waals surface area contributed by atoms with E-state index in [2.05, 4.69) is 16.6 Å². The van der Waals surface area contributed by atoms with E-state index in [1.807, 2.05) is 24.3 Å². The molecule has 1 atom stereocenters. The van der Waals surface area contributed by atoms with Crippen LogP contribution < -0.4 is 4.74 Å². The summed E-state index contributed by atoms with van der Waals surface area (Å²) in [6.45, 7) is 2.14. The first-order valence-electron chi connectivity index (χ1n) is 5.62. The van der Waals surface area contributed by atoms with Crippen LogP contribution in [0.1, 0.15) is 12.5 Å². The average molecular weight is 242 g/mol. The van der Waals surface area contributed by atoms with Crippen molar-refractivity contribution in [3.05, 3.63) is 29.8 Å². The summed E-state index contributed by atoms with van der Waals surface area (Å²) in [5.41, 5.74) is 0.960. The molecule has 0 heterocycles. The summed E-state index contributed by atoms with van der Waals surface area (Å²) in [5, 5.41) is 0. The summed E-state index contributed by atoms with van der Waals surface area (Å²) in [5.74, 6) is 5.27. The Hall–Kier alpha value is -1.89. The maximum absolute atomic E-state index is 11.2. The molecule has 18 heavy (non-hydrogen) atoms. The minimum Gasteiger partial charge on any atom is -0.481 e. The molecule has 1 rings (SSSR count). The van der Waals surface area contributed by atoms with Crippen LogP contribution in [0.4, 0.5) is 0 Å². The zero-order valence-corrected chi connectivity index (χ0v) is 10.6. The lowest BCUT2D eigenvalue weighted by Gasteiger charge is -2.10. The van der Waals surface area contributed by atoms with E-state index in [9.17, 15) is 4.79 Å². The van der Waals surface area contributed by atoms with Gasteiger partial charge in [-0.2, -0.15) is 0 Å². The number of methoxy groups -OCH3 is 1. The Morgan fingerprint density at radius 2 is 2.06 bits per heavy atom. The highest BCUT2D eigenvalue weighted by atomic mass is 16.5. The normalized spacial score (nSPS) is 11.0. The number of hydrogen-bond acceptors (Lipinski definition) is 3. The van der Waals surface area contributed by atoms with Crippen LogP contribution in [0.25, 0.3) is 0 Å². The SMILES string of the molecule is [B][C@@H](Cc1ccc(OCC#CC)cc1)C(=O)OC. The summed E-state index contributed by atoms with van der Waals surface area (Å²) in [6.07, 6.45) is 0.446. The highest BCUT2D eigenvalue weighted by Gasteiger charge is 2.12. The van der Waals surface area contributed by atoms with Gasteiger partial charge in [0.1, 0.15) is 12.4 Å². The second-order valence-electron chi connectivity index (χ2n) is 3.69. The number of ether oxygens (including phenoxy) is 2. The second kappa shape index (κ2) is 7.44. The van der Waals surface area contributed by atoms with Gasteiger partial charge in [-0.25, -0.2) is 0 Å². The highest BCUT2D eigenvalue weighted by Crippen LogP contribution is 2.16. The first-order chi connectivity index (χ1) is 8.67. The molecule has 0 aliphatic rings. The van der Waals surface area contributed by atoms with Crippen LogP contribution in [0, 0.1) is 11.8 Å². The van der Waals surface area contributed by atoms with Gasteiger partial charge in [0.25, 0.3) is 5.97 Å². The van der Waals surface area contributed by atoms with Crippen molar-refractivity contribution in [2.75, 3.05) is 13.7 Å². The molecule has 92 valence electrons. The molecule has 1 aromatic rings. The average Bonchev–Trinajstić information content (AvgIpc) is 2.40. The highest BCUT2D eigenvalue weighted by molar-refractivity contribution is 6.22. The Balaban J connectivity index is 2.53. The van der Waals surface area contributed by atoms with Crippen LogP contribution in [0.5, 0.6) is 5.75 Å². The van der Waals surface area contributed by atoms with Crippen LogP contribution in [0.3, 0.4) is 0 Å². The lowest BCUT2D eigenvalue weighted by Crippen LogP contribution is -2.12. The molecule has 2 radical (unpaired) electrons. The minimum atomic E-state index is -0.632. The maximum atomic E-state index is 11.2. The van der Waals surface area contributed by atoms with Crippen molar-refractivity contribution < 1.29 is 14.3 Å². The third-order valence-corrected chi connectivity index (χ3v) is 2.37. The number of carbonyl (C=O) groups excluding carboxylic acids is 1. The molecule has 0 spiro atoms. The smallest absolute Gasteiger partial charge is 0.300 e. The number of carbonyl (C=O) groups is 1. The molecule has 0 fully saturated rings. The molecular formula is C14H15BO3. The largest absolute Gasteiger partial charge is 0.481 e. The molecule has 0 saturated carbocycles. The zero-order chi connectivity index (χ0) is 13.4. The van der Waals surface area contributed by atoms with Gasteiger partial charge >= 0.3 is 0 Å². The van der Waals surface area contributed by atoms with Crippen molar-refractivity contribution in [1.29, 1.82) is 0 Å². The Labute approximate surface area is 109 Å². The van der Waals surface area contributed by atoms with Crippen LogP contribution >= 0.6 is 0 Å². The van der Waals surface area contributed by atoms with Crippen LogP contribution in [-0.2, 0) is 16.0 Å². The fourth-order valence-corrected chi connectivity index (χ4v) is 1.40. The number of hydrogen-bond donors (Lipinski definition) is 0. The van der Waals surface area contributed by atoms with E-state index in [-0.39, 0.29) is 0 Å². The van der Waals surface area contributed by atoms with Gasteiger partial charge in [-0.15, -0.1) is 5.92 Å². The van der Waals surface area contributed by atoms with Gasteiger partial charge in [-0.05, 0) is 31.0 Å². The Morgan fingerprint density at radius 3 is 2.61 bits per heavy atom. The van der Waals surface area contributed by atoms with Gasteiger partial charge in [0.2, 0.25) is 0 Å². The lowest BCUT2D eigenvalue weighted by atomic mass is 9.82. The van der Waals surface area contributed by atoms with Crippen molar-refractivity contribution in [2.24, 2.45) is 0 Å². The Kier molecular flexibility index (Phi) is 5.86. The predicted octanol–water partition coefficient (Wildman–Crippen LogP) is 1.76. The topological polar surface area (TPSA) is 35.5 Å². The monoisotopic (exact) mass is 242 g/mol. The standard InChI is InChI=1S/C14H15BO3/c1-3-4-9-18-12-7-5-11(6-8-12)10-13(15)14(16)17-2/h5-8,13H,9-10H2,1-2H3/t13-/m0/s1. The van der Waals surface area contributed by atoms with Gasteiger partial charge < -0.3 is 9.47 Å². The summed E-state index contributed by atoms with van der Waals surface area (Å²) < 4.78 is 9.95. The maximum Gasteiger partial charge on any atom is 0.300 e. The summed E-state index contributed by atoms with van der Waals surface area (Å²) in [4.78, 5) is 11.2. The van der Waals surface area contributed by atoms with Crippen LogP contribution in [-0.4, -0.2) is 27.5 Å². The fraction of sp³-hybridized carbons (Fsp3) is 0.357. The van der Waals surface area contributed by atoms with Gasteiger partial charge in [-0.3, -0.25) is 4.79 Å². The van der Waals surface area contributed by atoms with Crippen molar-refractivity contribution in [2.45, 2.75) is 19.2 Å². The fourth-order valence-electron chi connectivity index (χ4n) is 1.40. The second-order valence-corrected chi connectivity index (χ2v) is 3.69. The molecule has 1 aromatic carbocycles. The predicted molar refractivity (Wildman–Crippen MR) is 70.6 cm³/mol. The van der Waals surface area contributed by atoms with E-state index in [1.54, 1.807) is 6.92 Å². The first kappa shape index (κ1) is 14.2. The van der Waals surface area contributed by atoms with E-state index in [1.165, 1.54) is 7.11 Å².